The molecule has 5 N–H and O–H groups in total. The molecule has 0 saturated carbocycles. The number of aliphatic imine (C=N–C) groups is 1. The minimum atomic E-state index is -1.17. The molecule has 0 saturated heterocycles. The zero-order chi connectivity index (χ0) is 35.9. The summed E-state index contributed by atoms with van der Waals surface area (Å²) in [4.78, 5) is 62.9. The minimum Gasteiger partial charge on any atom is -0.444 e. The molecule has 0 radical (unpaired) electrons. The van der Waals surface area contributed by atoms with Gasteiger partial charge < -0.3 is 31.3 Å². The lowest BCUT2D eigenvalue weighted by molar-refractivity contribution is -0.127. The number of ether oxygens (including phenoxy) is 1. The first-order valence-electron chi connectivity index (χ1n) is 16.7. The summed E-state index contributed by atoms with van der Waals surface area (Å²) in [7, 11) is 1.64. The van der Waals surface area contributed by atoms with Gasteiger partial charge in [0.05, 0.1) is 27.9 Å². The topological polar surface area (TPSA) is 168 Å². The van der Waals surface area contributed by atoms with E-state index in [4.69, 9.17) is 15.5 Å². The number of aromatic nitrogens is 1. The van der Waals surface area contributed by atoms with Gasteiger partial charge in [-0.3, -0.25) is 19.6 Å². The van der Waals surface area contributed by atoms with Crippen molar-refractivity contribution in [2.24, 2.45) is 16.6 Å². The van der Waals surface area contributed by atoms with E-state index in [0.29, 0.717) is 38.1 Å². The van der Waals surface area contributed by atoms with Crippen LogP contribution in [0.15, 0.2) is 77.4 Å². The largest absolute Gasteiger partial charge is 0.444 e. The summed E-state index contributed by atoms with van der Waals surface area (Å²) in [5.74, 6) is -0.125. The van der Waals surface area contributed by atoms with E-state index in [-0.39, 0.29) is 31.2 Å². The van der Waals surface area contributed by atoms with E-state index >= 15 is 0 Å². The average Bonchev–Trinajstić information content (AvgIpc) is 3.79. The Kier molecular flexibility index (Phi) is 15.1. The molecule has 0 bridgehead atoms. The first-order valence-corrected chi connectivity index (χ1v) is 18.6. The number of nitrogens with zero attached hydrogens (tertiary/aromatic N) is 3. The van der Waals surface area contributed by atoms with E-state index in [1.165, 1.54) is 16.2 Å². The number of likely N-dealkylation sites (N-methyl/N-ethyl adjacent to an activating group) is 1. The number of rotatable bonds is 18. The highest BCUT2D eigenvalue weighted by molar-refractivity contribution is 8.14. The Morgan fingerprint density at radius 1 is 0.940 bits per heavy atom. The van der Waals surface area contributed by atoms with Crippen molar-refractivity contribution >= 4 is 52.1 Å². The molecular weight excluding hydrogens is 675 g/mol. The van der Waals surface area contributed by atoms with Gasteiger partial charge in [-0.1, -0.05) is 74.5 Å². The predicted molar refractivity (Wildman–Crippen MR) is 198 cm³/mol. The Hall–Kier alpha value is -4.43. The van der Waals surface area contributed by atoms with Crippen LogP contribution >= 0.6 is 23.1 Å². The van der Waals surface area contributed by atoms with E-state index < -0.39 is 30.0 Å². The van der Waals surface area contributed by atoms with Gasteiger partial charge in [0.1, 0.15) is 12.6 Å². The number of carbonyl (C=O) groups excluding carboxylic acids is 4. The molecule has 3 aromatic rings. The summed E-state index contributed by atoms with van der Waals surface area (Å²) in [5, 5.41) is 9.85. The van der Waals surface area contributed by atoms with Crippen LogP contribution in [-0.4, -0.2) is 82.4 Å². The summed E-state index contributed by atoms with van der Waals surface area (Å²) in [6.45, 7) is 4.67. The number of urea groups is 1. The first kappa shape index (κ1) is 38.4. The average molecular weight is 722 g/mol. The number of hydrogen-bond donors (Lipinski definition) is 4. The number of hydrogen-bond acceptors (Lipinski definition) is 9. The molecule has 12 nitrogen and oxygen atoms in total. The SMILES string of the molecule is CC(C)C1=NC(CN(C)C(=O)NC(CC(N)=O)C(=O)NC(CCC(Cc2ccccc2)NC(=O)OCc2cncs2)Cc2ccccc2)CS1. The van der Waals surface area contributed by atoms with Crippen LogP contribution in [0.5, 0.6) is 0 Å². The van der Waals surface area contributed by atoms with Gasteiger partial charge in [-0.15, -0.1) is 23.1 Å². The zero-order valence-corrected chi connectivity index (χ0v) is 30.4. The normalized spacial score (nSPS) is 15.8. The second kappa shape index (κ2) is 19.7. The van der Waals surface area contributed by atoms with Crippen LogP contribution in [0.3, 0.4) is 0 Å². The molecular formula is C36H47N7O5S2. The van der Waals surface area contributed by atoms with Crippen molar-refractivity contribution in [2.45, 2.75) is 76.7 Å². The van der Waals surface area contributed by atoms with Gasteiger partial charge in [0.2, 0.25) is 11.8 Å². The van der Waals surface area contributed by atoms with Crippen LogP contribution in [-0.2, 0) is 33.8 Å². The van der Waals surface area contributed by atoms with Crippen LogP contribution in [0.25, 0.3) is 0 Å². The standard InChI is InChI=1S/C36H47N7O5S2/c1-24(2)34-40-29(22-49-34)20-43(3)35(46)42-31(18-32(37)44)33(45)39-27(16-25-10-6-4-7-11-25)14-15-28(17-26-12-8-5-9-13-26)41-36(47)48-21-30-19-38-23-50-30/h4-13,19,23-24,27-29,31H,14-18,20-22H2,1-3H3,(H2,37,44)(H,39,45)(H,41,47)(H,42,46). The van der Waals surface area contributed by atoms with Crippen molar-refractivity contribution in [3.63, 3.8) is 0 Å². The maximum atomic E-state index is 13.7. The quantitative estimate of drug-likeness (QED) is 0.150. The number of benzene rings is 2. The molecule has 0 aliphatic carbocycles. The van der Waals surface area contributed by atoms with Crippen molar-refractivity contribution in [3.8, 4) is 0 Å². The van der Waals surface area contributed by atoms with Gasteiger partial charge in [-0.25, -0.2) is 9.59 Å². The lowest BCUT2D eigenvalue weighted by atomic mass is 9.95. The summed E-state index contributed by atoms with van der Waals surface area (Å²) in [6.07, 6.45) is 2.80. The second-order valence-corrected chi connectivity index (χ2v) is 14.7. The first-order chi connectivity index (χ1) is 24.0. The van der Waals surface area contributed by atoms with Crippen LogP contribution in [0.2, 0.25) is 0 Å². The third kappa shape index (κ3) is 13.1. The summed E-state index contributed by atoms with van der Waals surface area (Å²) >= 11 is 3.10. The van der Waals surface area contributed by atoms with E-state index in [0.717, 1.165) is 26.8 Å². The number of thiazole rings is 1. The van der Waals surface area contributed by atoms with Crippen molar-refractivity contribution in [1.82, 2.24) is 25.8 Å². The summed E-state index contributed by atoms with van der Waals surface area (Å²) < 4.78 is 5.46. The van der Waals surface area contributed by atoms with Gasteiger partial charge in [0, 0.05) is 43.5 Å². The number of alkyl carbamates (subject to hydrolysis) is 1. The fourth-order valence-electron chi connectivity index (χ4n) is 5.52. The van der Waals surface area contributed by atoms with Crippen molar-refractivity contribution < 1.29 is 23.9 Å². The molecule has 0 spiro atoms. The van der Waals surface area contributed by atoms with Gasteiger partial charge in [-0.05, 0) is 36.8 Å². The molecule has 0 fully saturated rings. The molecule has 4 rings (SSSR count). The monoisotopic (exact) mass is 721 g/mol. The Labute approximate surface area is 302 Å². The Bertz CT molecular complexity index is 1560. The van der Waals surface area contributed by atoms with Crippen molar-refractivity contribution in [1.29, 1.82) is 0 Å². The van der Waals surface area contributed by atoms with Gasteiger partial charge in [-0.2, -0.15) is 0 Å². The van der Waals surface area contributed by atoms with Gasteiger partial charge >= 0.3 is 12.1 Å². The maximum absolute atomic E-state index is 13.7. The lowest BCUT2D eigenvalue weighted by Crippen LogP contribution is -2.54. The van der Waals surface area contributed by atoms with E-state index in [2.05, 4.69) is 34.8 Å². The molecule has 268 valence electrons. The Balaban J connectivity index is 1.43. The Morgan fingerprint density at radius 2 is 1.56 bits per heavy atom. The number of primary amides is 1. The zero-order valence-electron chi connectivity index (χ0n) is 28.7. The van der Waals surface area contributed by atoms with Gasteiger partial charge in [0.15, 0.2) is 0 Å². The van der Waals surface area contributed by atoms with E-state index in [9.17, 15) is 19.2 Å². The van der Waals surface area contributed by atoms with Crippen LogP contribution in [0.4, 0.5) is 9.59 Å². The number of nitrogens with two attached hydrogens (primary N) is 1. The van der Waals surface area contributed by atoms with Crippen molar-refractivity contribution in [2.75, 3.05) is 19.3 Å². The van der Waals surface area contributed by atoms with E-state index in [1.807, 2.05) is 60.7 Å². The van der Waals surface area contributed by atoms with Crippen LogP contribution in [0.1, 0.15) is 49.1 Å². The van der Waals surface area contributed by atoms with Crippen LogP contribution < -0.4 is 21.7 Å². The molecule has 4 atom stereocenters. The molecule has 50 heavy (non-hydrogen) atoms. The van der Waals surface area contributed by atoms with Gasteiger partial charge in [0.25, 0.3) is 0 Å². The highest BCUT2D eigenvalue weighted by Crippen LogP contribution is 2.23. The molecule has 2 heterocycles. The lowest BCUT2D eigenvalue weighted by Gasteiger charge is -2.27. The smallest absolute Gasteiger partial charge is 0.407 e. The number of nitrogens with one attached hydrogen (secondary N) is 3. The Morgan fingerprint density at radius 3 is 2.10 bits per heavy atom. The maximum Gasteiger partial charge on any atom is 0.407 e. The fraction of sp³-hybridized carbons (Fsp3) is 0.444. The molecule has 1 aliphatic heterocycles. The molecule has 5 amide bonds. The van der Waals surface area contributed by atoms with E-state index in [1.54, 1.807) is 30.5 Å². The predicted octanol–water partition coefficient (Wildman–Crippen LogP) is 4.54. The molecule has 14 heteroatoms. The van der Waals surface area contributed by atoms with Crippen molar-refractivity contribution in [3.05, 3.63) is 88.4 Å². The second-order valence-electron chi connectivity index (χ2n) is 12.7. The third-order valence-corrected chi connectivity index (χ3v) is 10.3. The number of thioether (sulfide) groups is 1. The number of amides is 5. The highest BCUT2D eigenvalue weighted by atomic mass is 32.2. The fourth-order valence-corrected chi connectivity index (χ4v) is 7.13. The summed E-state index contributed by atoms with van der Waals surface area (Å²) in [6, 6.07) is 17.1. The molecule has 4 unspecified atom stereocenters. The summed E-state index contributed by atoms with van der Waals surface area (Å²) in [5.41, 5.74) is 9.25. The molecule has 2 aromatic carbocycles. The minimum absolute atomic E-state index is 0.0470. The highest BCUT2D eigenvalue weighted by Gasteiger charge is 2.29. The van der Waals surface area contributed by atoms with Crippen LogP contribution in [0, 0.1) is 5.92 Å². The number of carbonyl (C=O) groups is 4. The third-order valence-electron chi connectivity index (χ3n) is 8.09. The molecule has 1 aromatic heterocycles. The molecule has 1 aliphatic rings.